The largest absolute Gasteiger partial charge is 0.452 e. The predicted molar refractivity (Wildman–Crippen MR) is 93.9 cm³/mol. The second-order valence-corrected chi connectivity index (χ2v) is 6.23. The highest BCUT2D eigenvalue weighted by Crippen LogP contribution is 2.15. The van der Waals surface area contributed by atoms with E-state index in [0.29, 0.717) is 34.7 Å². The molecule has 1 aromatic carbocycles. The lowest BCUT2D eigenvalue weighted by Gasteiger charge is -2.09. The van der Waals surface area contributed by atoms with E-state index >= 15 is 0 Å². The molecule has 2 heterocycles. The summed E-state index contributed by atoms with van der Waals surface area (Å²) in [6, 6.07) is 4.93. The Labute approximate surface area is 149 Å². The number of fused-ring (bicyclic) bond motifs is 1. The van der Waals surface area contributed by atoms with Crippen LogP contribution in [0, 0.1) is 6.92 Å². The summed E-state index contributed by atoms with van der Waals surface area (Å²) in [7, 11) is 0. The van der Waals surface area contributed by atoms with Crippen molar-refractivity contribution in [3.8, 4) is 0 Å². The monoisotopic (exact) mass is 356 g/mol. The number of aromatic nitrogens is 4. The molecule has 0 saturated carbocycles. The number of aryl methyl sites for hydroxylation is 2. The van der Waals surface area contributed by atoms with E-state index in [-0.39, 0.29) is 24.0 Å². The lowest BCUT2D eigenvalue weighted by Crippen LogP contribution is -2.23. The Morgan fingerprint density at radius 2 is 2.08 bits per heavy atom. The Hall–Kier alpha value is -3.03. The van der Waals surface area contributed by atoms with Gasteiger partial charge in [0.15, 0.2) is 12.4 Å². The topological polar surface area (TPSA) is 100 Å². The number of esters is 1. The molecule has 136 valence electrons. The Morgan fingerprint density at radius 3 is 2.73 bits per heavy atom. The van der Waals surface area contributed by atoms with Crippen LogP contribution in [0.3, 0.4) is 0 Å². The maximum absolute atomic E-state index is 12.3. The van der Waals surface area contributed by atoms with E-state index in [0.717, 1.165) is 0 Å². The highest BCUT2D eigenvalue weighted by molar-refractivity contribution is 5.93. The highest BCUT2D eigenvalue weighted by atomic mass is 16.6. The van der Waals surface area contributed by atoms with Crippen LogP contribution in [-0.4, -0.2) is 25.7 Å². The van der Waals surface area contributed by atoms with Crippen LogP contribution in [0.1, 0.15) is 54.5 Å². The fourth-order valence-corrected chi connectivity index (χ4v) is 2.59. The summed E-state index contributed by atoms with van der Waals surface area (Å²) in [5.41, 5.74) is 1.84. The van der Waals surface area contributed by atoms with Crippen LogP contribution in [0.5, 0.6) is 0 Å². The minimum Gasteiger partial charge on any atom is -0.452 e. The van der Waals surface area contributed by atoms with Gasteiger partial charge in [0.25, 0.3) is 11.4 Å². The van der Waals surface area contributed by atoms with Gasteiger partial charge in [0, 0.05) is 12.5 Å². The van der Waals surface area contributed by atoms with E-state index < -0.39 is 5.97 Å². The molecule has 0 bridgehead atoms. The molecule has 0 N–H and O–H groups in total. The second kappa shape index (κ2) is 7.07. The van der Waals surface area contributed by atoms with Gasteiger partial charge in [-0.15, -0.1) is 0 Å². The van der Waals surface area contributed by atoms with E-state index in [1.54, 1.807) is 29.7 Å². The standard InChI is InChI=1S/C18H20N4O4/c1-5-22-14-7-6-12(8-13(14)19-11(4)17(22)23)18(24)25-9-15-20-16(10(2)3)21-26-15/h6-8,10H,5,9H2,1-4H3. The third kappa shape index (κ3) is 3.35. The normalized spacial score (nSPS) is 11.3. The quantitative estimate of drug-likeness (QED) is 0.648. The number of rotatable bonds is 5. The molecule has 2 aromatic heterocycles. The number of benzene rings is 1. The summed E-state index contributed by atoms with van der Waals surface area (Å²) < 4.78 is 11.9. The van der Waals surface area contributed by atoms with Gasteiger partial charge in [0.05, 0.1) is 16.6 Å². The lowest BCUT2D eigenvalue weighted by molar-refractivity contribution is 0.0430. The number of hydrogen-bond donors (Lipinski definition) is 0. The highest BCUT2D eigenvalue weighted by Gasteiger charge is 2.15. The van der Waals surface area contributed by atoms with Crippen molar-refractivity contribution in [1.82, 2.24) is 19.7 Å². The molecular formula is C18H20N4O4. The zero-order valence-electron chi connectivity index (χ0n) is 15.1. The molecule has 0 aliphatic rings. The molecule has 26 heavy (non-hydrogen) atoms. The Balaban J connectivity index is 1.82. The first-order valence-corrected chi connectivity index (χ1v) is 8.41. The van der Waals surface area contributed by atoms with Crippen LogP contribution in [-0.2, 0) is 17.9 Å². The molecule has 0 radical (unpaired) electrons. The van der Waals surface area contributed by atoms with Gasteiger partial charge in [-0.05, 0) is 32.0 Å². The Bertz CT molecular complexity index is 1020. The van der Waals surface area contributed by atoms with Gasteiger partial charge in [-0.3, -0.25) is 4.79 Å². The molecule has 0 atom stereocenters. The average molecular weight is 356 g/mol. The number of carbonyl (C=O) groups excluding carboxylic acids is 1. The Kier molecular flexibility index (Phi) is 4.83. The van der Waals surface area contributed by atoms with Gasteiger partial charge in [0.1, 0.15) is 5.69 Å². The average Bonchev–Trinajstić information content (AvgIpc) is 3.10. The van der Waals surface area contributed by atoms with Gasteiger partial charge in [-0.2, -0.15) is 4.98 Å². The number of carbonyl (C=O) groups is 1. The van der Waals surface area contributed by atoms with Gasteiger partial charge in [-0.1, -0.05) is 19.0 Å². The number of ether oxygens (including phenoxy) is 1. The van der Waals surface area contributed by atoms with Crippen LogP contribution >= 0.6 is 0 Å². The van der Waals surface area contributed by atoms with Crippen molar-refractivity contribution in [1.29, 1.82) is 0 Å². The van der Waals surface area contributed by atoms with Gasteiger partial charge >= 0.3 is 5.97 Å². The molecule has 0 spiro atoms. The van der Waals surface area contributed by atoms with Gasteiger partial charge < -0.3 is 13.8 Å². The van der Waals surface area contributed by atoms with E-state index in [1.165, 1.54) is 0 Å². The van der Waals surface area contributed by atoms with E-state index in [9.17, 15) is 9.59 Å². The SMILES string of the molecule is CCn1c(=O)c(C)nc2cc(C(=O)OCc3nc(C(C)C)no3)ccc21. The third-order valence-corrected chi connectivity index (χ3v) is 3.99. The predicted octanol–water partition coefficient (Wildman–Crippen LogP) is 2.59. The number of hydrogen-bond acceptors (Lipinski definition) is 7. The van der Waals surface area contributed by atoms with E-state index in [4.69, 9.17) is 9.26 Å². The summed E-state index contributed by atoms with van der Waals surface area (Å²) in [4.78, 5) is 32.9. The first kappa shape index (κ1) is 17.8. The molecule has 0 amide bonds. The summed E-state index contributed by atoms with van der Waals surface area (Å²) >= 11 is 0. The molecule has 3 rings (SSSR count). The maximum atomic E-state index is 12.3. The first-order chi connectivity index (χ1) is 12.4. The van der Waals surface area contributed by atoms with Crippen LogP contribution in [0.4, 0.5) is 0 Å². The molecule has 0 unspecified atom stereocenters. The molecule has 0 saturated heterocycles. The molecule has 0 aliphatic heterocycles. The molecule has 3 aromatic rings. The summed E-state index contributed by atoms with van der Waals surface area (Å²) in [5, 5.41) is 3.82. The molecular weight excluding hydrogens is 336 g/mol. The van der Waals surface area contributed by atoms with Crippen molar-refractivity contribution in [2.75, 3.05) is 0 Å². The summed E-state index contributed by atoms with van der Waals surface area (Å²) in [5.74, 6) is 0.426. The van der Waals surface area contributed by atoms with E-state index in [1.807, 2.05) is 20.8 Å². The first-order valence-electron chi connectivity index (χ1n) is 8.41. The van der Waals surface area contributed by atoms with Crippen molar-refractivity contribution < 1.29 is 14.1 Å². The fraction of sp³-hybridized carbons (Fsp3) is 0.389. The van der Waals surface area contributed by atoms with Crippen molar-refractivity contribution >= 4 is 17.0 Å². The van der Waals surface area contributed by atoms with Gasteiger partial charge in [-0.25, -0.2) is 9.78 Å². The maximum Gasteiger partial charge on any atom is 0.338 e. The van der Waals surface area contributed by atoms with Crippen LogP contribution in [0.25, 0.3) is 11.0 Å². The Morgan fingerprint density at radius 1 is 1.31 bits per heavy atom. The minimum atomic E-state index is -0.523. The van der Waals surface area contributed by atoms with Crippen molar-refractivity contribution in [2.45, 2.75) is 46.8 Å². The van der Waals surface area contributed by atoms with Crippen molar-refractivity contribution in [2.24, 2.45) is 0 Å². The van der Waals surface area contributed by atoms with E-state index in [2.05, 4.69) is 15.1 Å². The third-order valence-electron chi connectivity index (χ3n) is 3.99. The second-order valence-electron chi connectivity index (χ2n) is 6.23. The van der Waals surface area contributed by atoms with Crippen LogP contribution < -0.4 is 5.56 Å². The van der Waals surface area contributed by atoms with Gasteiger partial charge in [0.2, 0.25) is 0 Å². The summed E-state index contributed by atoms with van der Waals surface area (Å²) in [6.07, 6.45) is 0. The molecule has 0 fully saturated rings. The molecule has 8 heteroatoms. The summed E-state index contributed by atoms with van der Waals surface area (Å²) in [6.45, 7) is 7.86. The van der Waals surface area contributed by atoms with Crippen LogP contribution in [0.15, 0.2) is 27.5 Å². The minimum absolute atomic E-state index is 0.0997. The lowest BCUT2D eigenvalue weighted by atomic mass is 10.2. The van der Waals surface area contributed by atoms with Crippen molar-refractivity contribution in [3.63, 3.8) is 0 Å². The van der Waals surface area contributed by atoms with Crippen LogP contribution in [0.2, 0.25) is 0 Å². The smallest absolute Gasteiger partial charge is 0.338 e. The zero-order valence-corrected chi connectivity index (χ0v) is 15.1. The fourth-order valence-electron chi connectivity index (χ4n) is 2.59. The molecule has 8 nitrogen and oxygen atoms in total. The van der Waals surface area contributed by atoms with Crippen molar-refractivity contribution in [3.05, 3.63) is 51.5 Å². The zero-order chi connectivity index (χ0) is 18.8. The number of nitrogens with zero attached hydrogens (tertiary/aromatic N) is 4. The molecule has 0 aliphatic carbocycles.